The molecule has 4 rings (SSSR count). The monoisotopic (exact) mass is 392 g/mol. The summed E-state index contributed by atoms with van der Waals surface area (Å²) in [7, 11) is 2.01. The second kappa shape index (κ2) is 6.88. The number of aryl methyl sites for hydroxylation is 3. The smallest absolute Gasteiger partial charge is 0.334 e. The second-order valence-corrected chi connectivity index (χ2v) is 7.74. The van der Waals surface area contributed by atoms with Crippen LogP contribution in [0.3, 0.4) is 0 Å². The minimum atomic E-state index is -4.38. The van der Waals surface area contributed by atoms with E-state index >= 15 is 0 Å². The zero-order valence-electron chi connectivity index (χ0n) is 16.2. The van der Waals surface area contributed by atoms with Crippen molar-refractivity contribution < 1.29 is 13.2 Å². The number of fused-ring (bicyclic) bond motifs is 2. The summed E-state index contributed by atoms with van der Waals surface area (Å²) < 4.78 is 42.2. The third kappa shape index (κ3) is 3.76. The lowest BCUT2D eigenvalue weighted by atomic mass is 9.99. The molecule has 9 heteroatoms. The van der Waals surface area contributed by atoms with E-state index in [-0.39, 0.29) is 5.92 Å². The molecule has 1 atom stereocenters. The average molecular weight is 392 g/mol. The largest absolute Gasteiger partial charge is 0.434 e. The summed E-state index contributed by atoms with van der Waals surface area (Å²) in [5.74, 6) is 1.51. The summed E-state index contributed by atoms with van der Waals surface area (Å²) in [5.41, 5.74) is 2.16. The van der Waals surface area contributed by atoms with Crippen LogP contribution in [0.5, 0.6) is 0 Å². The topological polar surface area (TPSA) is 51.2 Å². The van der Waals surface area contributed by atoms with Gasteiger partial charge in [0.15, 0.2) is 5.69 Å². The fourth-order valence-corrected chi connectivity index (χ4v) is 3.98. The Morgan fingerprint density at radius 2 is 1.96 bits per heavy atom. The molecule has 0 bridgehead atoms. The quantitative estimate of drug-likeness (QED) is 0.684. The first kappa shape index (κ1) is 18.9. The number of hydrogen-bond donors (Lipinski definition) is 0. The van der Waals surface area contributed by atoms with Crippen molar-refractivity contribution in [1.29, 1.82) is 0 Å². The first-order chi connectivity index (χ1) is 13.2. The lowest BCUT2D eigenvalue weighted by molar-refractivity contribution is -0.141. The van der Waals surface area contributed by atoms with E-state index in [1.807, 2.05) is 37.6 Å². The molecule has 1 aliphatic rings. The Balaban J connectivity index is 1.41. The molecule has 28 heavy (non-hydrogen) atoms. The van der Waals surface area contributed by atoms with E-state index in [1.54, 1.807) is 4.57 Å². The standard InChI is InChI=1S/C19H23F3N6/c1-12-6-13(2)28-10-15(24-18(28)23-12)9-26(3)7-14-4-5-17-25-16(19(20,21)22)11-27(17)8-14/h6,10-11,14H,4-5,7-9H2,1-3H3/t14-/m1/s1. The number of aromatic nitrogens is 5. The van der Waals surface area contributed by atoms with Gasteiger partial charge in [-0.15, -0.1) is 0 Å². The van der Waals surface area contributed by atoms with Gasteiger partial charge < -0.3 is 9.47 Å². The summed E-state index contributed by atoms with van der Waals surface area (Å²) in [6.07, 6.45) is 0.164. The van der Waals surface area contributed by atoms with Crippen molar-refractivity contribution in [2.75, 3.05) is 13.6 Å². The number of hydrogen-bond acceptors (Lipinski definition) is 4. The van der Waals surface area contributed by atoms with Gasteiger partial charge in [-0.25, -0.2) is 15.0 Å². The Morgan fingerprint density at radius 3 is 2.71 bits per heavy atom. The molecule has 0 aliphatic carbocycles. The van der Waals surface area contributed by atoms with Crippen molar-refractivity contribution in [3.8, 4) is 0 Å². The molecule has 0 saturated heterocycles. The average Bonchev–Trinajstić information content (AvgIpc) is 3.17. The third-order valence-corrected chi connectivity index (χ3v) is 5.19. The van der Waals surface area contributed by atoms with E-state index in [0.717, 1.165) is 36.2 Å². The molecule has 0 fully saturated rings. The van der Waals surface area contributed by atoms with Crippen molar-refractivity contribution in [2.24, 2.45) is 5.92 Å². The van der Waals surface area contributed by atoms with Gasteiger partial charge in [-0.3, -0.25) is 4.40 Å². The molecular weight excluding hydrogens is 369 g/mol. The molecule has 0 unspecified atom stereocenters. The molecule has 150 valence electrons. The van der Waals surface area contributed by atoms with Crippen LogP contribution in [0.1, 0.15) is 35.0 Å². The lowest BCUT2D eigenvalue weighted by Crippen LogP contribution is -2.31. The number of halogens is 3. The molecule has 0 radical (unpaired) electrons. The van der Waals surface area contributed by atoms with Crippen molar-refractivity contribution in [3.63, 3.8) is 0 Å². The summed E-state index contributed by atoms with van der Waals surface area (Å²) in [6, 6.07) is 2.02. The van der Waals surface area contributed by atoms with E-state index in [0.29, 0.717) is 31.1 Å². The molecule has 0 aromatic carbocycles. The van der Waals surface area contributed by atoms with E-state index in [9.17, 15) is 13.2 Å². The molecule has 0 saturated carbocycles. The fourth-order valence-electron chi connectivity index (χ4n) is 3.98. The van der Waals surface area contributed by atoms with Crippen molar-refractivity contribution in [1.82, 2.24) is 28.8 Å². The molecule has 1 aliphatic heterocycles. The van der Waals surface area contributed by atoms with Crippen LogP contribution in [-0.2, 0) is 25.7 Å². The van der Waals surface area contributed by atoms with E-state index in [1.165, 1.54) is 0 Å². The van der Waals surface area contributed by atoms with Crippen LogP contribution in [0.2, 0.25) is 0 Å². The first-order valence-electron chi connectivity index (χ1n) is 9.33. The summed E-state index contributed by atoms with van der Waals surface area (Å²) in [5, 5.41) is 0. The Bertz CT molecular complexity index is 1000. The summed E-state index contributed by atoms with van der Waals surface area (Å²) in [4.78, 5) is 15.0. The zero-order valence-corrected chi connectivity index (χ0v) is 16.2. The van der Waals surface area contributed by atoms with Gasteiger partial charge in [-0.05, 0) is 39.3 Å². The molecule has 3 aromatic heterocycles. The van der Waals surface area contributed by atoms with Gasteiger partial charge in [0.2, 0.25) is 5.78 Å². The predicted molar refractivity (Wildman–Crippen MR) is 97.8 cm³/mol. The van der Waals surface area contributed by atoms with Crippen LogP contribution in [0.25, 0.3) is 5.78 Å². The van der Waals surface area contributed by atoms with Gasteiger partial charge in [0.05, 0.1) is 5.69 Å². The van der Waals surface area contributed by atoms with Gasteiger partial charge in [-0.2, -0.15) is 13.2 Å². The lowest BCUT2D eigenvalue weighted by Gasteiger charge is -2.27. The van der Waals surface area contributed by atoms with Crippen molar-refractivity contribution in [3.05, 3.63) is 47.1 Å². The van der Waals surface area contributed by atoms with E-state index in [2.05, 4.69) is 19.9 Å². The van der Waals surface area contributed by atoms with Crippen LogP contribution < -0.4 is 0 Å². The molecular formula is C19H23F3N6. The van der Waals surface area contributed by atoms with Gasteiger partial charge in [-0.1, -0.05) is 0 Å². The number of alkyl halides is 3. The van der Waals surface area contributed by atoms with Crippen LogP contribution in [-0.4, -0.2) is 42.4 Å². The maximum atomic E-state index is 12.9. The number of imidazole rings is 2. The van der Waals surface area contributed by atoms with E-state index < -0.39 is 11.9 Å². The molecule has 6 nitrogen and oxygen atoms in total. The number of rotatable bonds is 4. The normalized spacial score (nSPS) is 17.5. The minimum absolute atomic E-state index is 0.284. The highest BCUT2D eigenvalue weighted by Crippen LogP contribution is 2.30. The fraction of sp³-hybridized carbons (Fsp3) is 0.526. The summed E-state index contributed by atoms with van der Waals surface area (Å²) in [6.45, 7) is 6.00. The van der Waals surface area contributed by atoms with Gasteiger partial charge in [0.25, 0.3) is 0 Å². The maximum absolute atomic E-state index is 12.9. The Hall–Kier alpha value is -2.42. The van der Waals surface area contributed by atoms with Crippen LogP contribution in [0.4, 0.5) is 13.2 Å². The number of nitrogens with zero attached hydrogens (tertiary/aromatic N) is 6. The maximum Gasteiger partial charge on any atom is 0.434 e. The first-order valence-corrected chi connectivity index (χ1v) is 9.33. The zero-order chi connectivity index (χ0) is 20.1. The Labute approximate surface area is 161 Å². The van der Waals surface area contributed by atoms with Crippen molar-refractivity contribution in [2.45, 2.75) is 46.0 Å². The molecule has 0 spiro atoms. The van der Waals surface area contributed by atoms with Gasteiger partial charge >= 0.3 is 6.18 Å². The predicted octanol–water partition coefficient (Wildman–Crippen LogP) is 3.26. The summed E-state index contributed by atoms with van der Waals surface area (Å²) >= 11 is 0. The third-order valence-electron chi connectivity index (χ3n) is 5.19. The van der Waals surface area contributed by atoms with Gasteiger partial charge in [0.1, 0.15) is 5.82 Å². The highest BCUT2D eigenvalue weighted by molar-refractivity contribution is 5.34. The van der Waals surface area contributed by atoms with Gasteiger partial charge in [0, 0.05) is 49.8 Å². The van der Waals surface area contributed by atoms with Crippen LogP contribution in [0, 0.1) is 19.8 Å². The molecule has 0 amide bonds. The Morgan fingerprint density at radius 1 is 1.18 bits per heavy atom. The molecule has 4 heterocycles. The second-order valence-electron chi connectivity index (χ2n) is 7.74. The van der Waals surface area contributed by atoms with E-state index in [4.69, 9.17) is 0 Å². The highest BCUT2D eigenvalue weighted by Gasteiger charge is 2.35. The SMILES string of the molecule is Cc1cc(C)n2cc(CN(C)C[C@H]3CCc4nc(C(F)(F)F)cn4C3)nc2n1. The Kier molecular flexibility index (Phi) is 4.65. The molecule has 0 N–H and O–H groups in total. The van der Waals surface area contributed by atoms with Crippen LogP contribution >= 0.6 is 0 Å². The minimum Gasteiger partial charge on any atom is -0.334 e. The molecule has 3 aromatic rings. The van der Waals surface area contributed by atoms with Crippen molar-refractivity contribution >= 4 is 5.78 Å². The van der Waals surface area contributed by atoms with Crippen LogP contribution in [0.15, 0.2) is 18.5 Å². The highest BCUT2D eigenvalue weighted by atomic mass is 19.4.